The summed E-state index contributed by atoms with van der Waals surface area (Å²) in [6.45, 7) is 14.5. The van der Waals surface area contributed by atoms with E-state index in [0.29, 0.717) is 6.61 Å². The van der Waals surface area contributed by atoms with Crippen LogP contribution in [0.25, 0.3) is 0 Å². The first-order valence-electron chi connectivity index (χ1n) is 5.98. The van der Waals surface area contributed by atoms with Crippen molar-refractivity contribution in [1.29, 1.82) is 0 Å². The molecule has 0 aromatic heterocycles. The van der Waals surface area contributed by atoms with E-state index in [9.17, 15) is 4.79 Å². The second kappa shape index (κ2) is 9.90. The fourth-order valence-corrected chi connectivity index (χ4v) is 1.54. The molecule has 7 nitrogen and oxygen atoms in total. The van der Waals surface area contributed by atoms with Crippen molar-refractivity contribution in [1.82, 2.24) is 0 Å². The van der Waals surface area contributed by atoms with Crippen LogP contribution in [0.3, 0.4) is 0 Å². The zero-order valence-corrected chi connectivity index (χ0v) is 12.5. The van der Waals surface area contributed by atoms with Crippen molar-refractivity contribution in [2.75, 3.05) is 32.8 Å². The first-order chi connectivity index (χ1) is 8.64. The van der Waals surface area contributed by atoms with Crippen molar-refractivity contribution >= 4 is 16.4 Å². The molecule has 0 aliphatic rings. The van der Waals surface area contributed by atoms with Crippen LogP contribution >= 0.6 is 0 Å². The Labute approximate surface area is 115 Å². The summed E-state index contributed by atoms with van der Waals surface area (Å²) in [6.07, 6.45) is 1.21. The number of quaternary nitrogens is 1. The van der Waals surface area contributed by atoms with Crippen molar-refractivity contribution in [2.24, 2.45) is 0 Å². The molecule has 8 heteroatoms. The topological polar surface area (TPSA) is 101 Å². The quantitative estimate of drug-likeness (QED) is 0.314. The van der Waals surface area contributed by atoms with E-state index in [0.717, 1.165) is 30.7 Å². The van der Waals surface area contributed by atoms with Crippen LogP contribution in [0.4, 0.5) is 0 Å². The van der Waals surface area contributed by atoms with Gasteiger partial charge in [-0.3, -0.25) is 9.11 Å². The second-order valence-corrected chi connectivity index (χ2v) is 4.73. The van der Waals surface area contributed by atoms with E-state index < -0.39 is 10.4 Å². The van der Waals surface area contributed by atoms with Crippen LogP contribution in [0.5, 0.6) is 0 Å². The van der Waals surface area contributed by atoms with E-state index in [1.54, 1.807) is 0 Å². The highest BCUT2D eigenvalue weighted by molar-refractivity contribution is 7.79. The van der Waals surface area contributed by atoms with E-state index in [4.69, 9.17) is 22.3 Å². The molecule has 0 saturated carbocycles. The molecule has 0 atom stereocenters. The molecular weight excluding hydrogens is 274 g/mol. The highest BCUT2D eigenvalue weighted by Gasteiger charge is 2.20. The maximum Gasteiger partial charge on any atom is 0.394 e. The Balaban J connectivity index is 0. The van der Waals surface area contributed by atoms with E-state index in [-0.39, 0.29) is 5.97 Å². The molecule has 0 heterocycles. The molecule has 0 unspecified atom stereocenters. The number of ether oxygens (including phenoxy) is 1. The predicted octanol–water partition coefficient (Wildman–Crippen LogP) is 0.939. The predicted molar refractivity (Wildman–Crippen MR) is 72.1 cm³/mol. The largest absolute Gasteiger partial charge is 0.457 e. The van der Waals surface area contributed by atoms with Crippen molar-refractivity contribution in [3.05, 3.63) is 12.7 Å². The Kier molecular flexibility index (Phi) is 10.6. The summed E-state index contributed by atoms with van der Waals surface area (Å²) in [5.41, 5.74) is 0. The lowest BCUT2D eigenvalue weighted by Crippen LogP contribution is -2.49. The van der Waals surface area contributed by atoms with Crippen LogP contribution in [-0.2, 0) is 19.9 Å². The summed E-state index contributed by atoms with van der Waals surface area (Å²) in [6, 6.07) is 0. The average molecular weight is 298 g/mol. The fourth-order valence-electron chi connectivity index (χ4n) is 1.54. The lowest BCUT2D eigenvalue weighted by atomic mass is 10.3. The summed E-state index contributed by atoms with van der Waals surface area (Å²) in [5, 5.41) is 0. The standard InChI is InChI=1S/C11H22NO2.H2O4S/c1-5-11(13)14-10-9-12(6-2,7-3)8-4;1-5(2,3)4/h5H,1,6-10H2,2-4H3;(H2,1,2,3,4)/q+1;. The van der Waals surface area contributed by atoms with Gasteiger partial charge in [0, 0.05) is 6.08 Å². The molecule has 0 spiro atoms. The minimum atomic E-state index is -4.67. The number of hydrogen-bond donors (Lipinski definition) is 2. The third-order valence-electron chi connectivity index (χ3n) is 2.99. The van der Waals surface area contributed by atoms with Crippen molar-refractivity contribution < 1.29 is 31.5 Å². The van der Waals surface area contributed by atoms with Gasteiger partial charge in [-0.2, -0.15) is 8.42 Å². The Morgan fingerprint density at radius 2 is 1.58 bits per heavy atom. The van der Waals surface area contributed by atoms with Crippen molar-refractivity contribution in [3.8, 4) is 0 Å². The number of esters is 1. The smallest absolute Gasteiger partial charge is 0.394 e. The van der Waals surface area contributed by atoms with Gasteiger partial charge in [-0.05, 0) is 20.8 Å². The minimum absolute atomic E-state index is 0.327. The number of likely N-dealkylation sites (N-methyl/N-ethyl adjacent to an activating group) is 1. The Morgan fingerprint density at radius 1 is 1.21 bits per heavy atom. The number of carbonyl (C=O) groups is 1. The van der Waals surface area contributed by atoms with Crippen LogP contribution in [-0.4, -0.2) is 60.8 Å². The molecule has 0 radical (unpaired) electrons. The monoisotopic (exact) mass is 298 g/mol. The number of nitrogens with zero attached hydrogens (tertiary/aromatic N) is 1. The molecule has 0 saturated heterocycles. The SMILES string of the molecule is C=CC(=O)OCC[N+](CC)(CC)CC.O=S(=O)(O)O. The molecular formula is C11H24NO6S+. The van der Waals surface area contributed by atoms with Crippen molar-refractivity contribution in [2.45, 2.75) is 20.8 Å². The molecule has 0 amide bonds. The van der Waals surface area contributed by atoms with Crippen LogP contribution in [0, 0.1) is 0 Å². The summed E-state index contributed by atoms with van der Waals surface area (Å²) in [4.78, 5) is 10.8. The minimum Gasteiger partial charge on any atom is -0.457 e. The van der Waals surface area contributed by atoms with Gasteiger partial charge in [-0.25, -0.2) is 4.79 Å². The molecule has 0 rings (SSSR count). The molecule has 0 aromatic carbocycles. The highest BCUT2D eigenvalue weighted by atomic mass is 32.3. The summed E-state index contributed by atoms with van der Waals surface area (Å²) in [5.74, 6) is -0.327. The Morgan fingerprint density at radius 3 is 1.84 bits per heavy atom. The van der Waals surface area contributed by atoms with Gasteiger partial charge in [-0.1, -0.05) is 6.58 Å². The zero-order valence-electron chi connectivity index (χ0n) is 11.7. The molecule has 0 bridgehead atoms. The van der Waals surface area contributed by atoms with E-state index in [1.807, 2.05) is 0 Å². The lowest BCUT2D eigenvalue weighted by Gasteiger charge is -2.35. The van der Waals surface area contributed by atoms with E-state index in [2.05, 4.69) is 27.4 Å². The van der Waals surface area contributed by atoms with Gasteiger partial charge in [-0.15, -0.1) is 0 Å². The Hall–Kier alpha value is -0.960. The lowest BCUT2D eigenvalue weighted by molar-refractivity contribution is -0.923. The highest BCUT2D eigenvalue weighted by Crippen LogP contribution is 2.05. The van der Waals surface area contributed by atoms with Gasteiger partial charge in [0.05, 0.1) is 19.6 Å². The molecule has 19 heavy (non-hydrogen) atoms. The number of rotatable bonds is 7. The molecule has 114 valence electrons. The fraction of sp³-hybridized carbons (Fsp3) is 0.727. The summed E-state index contributed by atoms with van der Waals surface area (Å²) >= 11 is 0. The van der Waals surface area contributed by atoms with Crippen LogP contribution in [0.15, 0.2) is 12.7 Å². The van der Waals surface area contributed by atoms with Gasteiger partial charge in [0.15, 0.2) is 0 Å². The second-order valence-electron chi connectivity index (χ2n) is 3.83. The van der Waals surface area contributed by atoms with Gasteiger partial charge < -0.3 is 9.22 Å². The molecule has 0 fully saturated rings. The zero-order chi connectivity index (χ0) is 15.5. The third kappa shape index (κ3) is 13.3. The molecule has 0 aliphatic carbocycles. The van der Waals surface area contributed by atoms with Crippen LogP contribution < -0.4 is 0 Å². The van der Waals surface area contributed by atoms with Crippen LogP contribution in [0.2, 0.25) is 0 Å². The van der Waals surface area contributed by atoms with Gasteiger partial charge >= 0.3 is 16.4 Å². The molecule has 0 aliphatic heterocycles. The van der Waals surface area contributed by atoms with E-state index in [1.165, 1.54) is 6.08 Å². The van der Waals surface area contributed by atoms with E-state index >= 15 is 0 Å². The van der Waals surface area contributed by atoms with Gasteiger partial charge in [0.25, 0.3) is 0 Å². The van der Waals surface area contributed by atoms with Crippen LogP contribution in [0.1, 0.15) is 20.8 Å². The first kappa shape index (κ1) is 20.4. The summed E-state index contributed by atoms with van der Waals surface area (Å²) in [7, 11) is -4.67. The maximum absolute atomic E-state index is 10.8. The molecule has 0 aromatic rings. The number of hydrogen-bond acceptors (Lipinski definition) is 4. The third-order valence-corrected chi connectivity index (χ3v) is 2.99. The maximum atomic E-state index is 10.8. The van der Waals surface area contributed by atoms with Gasteiger partial charge in [0.2, 0.25) is 0 Å². The van der Waals surface area contributed by atoms with Gasteiger partial charge in [0.1, 0.15) is 13.2 Å². The molecule has 2 N–H and O–H groups in total. The average Bonchev–Trinajstić information content (AvgIpc) is 2.33. The summed E-state index contributed by atoms with van der Waals surface area (Å²) < 4.78 is 37.6. The van der Waals surface area contributed by atoms with Crippen molar-refractivity contribution in [3.63, 3.8) is 0 Å². The normalized spacial score (nSPS) is 11.2. The number of carbonyl (C=O) groups excluding carboxylic acids is 1. The Bertz CT molecular complexity index is 345. The first-order valence-corrected chi connectivity index (χ1v) is 7.38.